The van der Waals surface area contributed by atoms with Crippen molar-refractivity contribution in [3.05, 3.63) is 0 Å². The standard InChI is InChI=1S/C21H32O5/c1-12(2)20-10-7-14(22)21(16(20)26-20)15(23)11-13-18(3,17(24)25-5)8-6-9-19(13,21)4/h12-13,15-16,23H,6-11H2,1-5H3/t13?,15-,16+,18-,19-,20-,21-/m1/s1. The summed E-state index contributed by atoms with van der Waals surface area (Å²) in [5.41, 5.74) is -2.26. The molecule has 1 unspecified atom stereocenters. The lowest BCUT2D eigenvalue weighted by Crippen LogP contribution is -2.61. The predicted octanol–water partition coefficient (Wildman–Crippen LogP) is 2.88. The van der Waals surface area contributed by atoms with Gasteiger partial charge >= 0.3 is 5.97 Å². The van der Waals surface area contributed by atoms with Gasteiger partial charge in [0.05, 0.1) is 29.6 Å². The molecule has 5 nitrogen and oxygen atoms in total. The fraction of sp³-hybridized carbons (Fsp3) is 0.905. The fourth-order valence-corrected chi connectivity index (χ4v) is 7.38. The Morgan fingerprint density at radius 2 is 1.96 bits per heavy atom. The van der Waals surface area contributed by atoms with Gasteiger partial charge in [-0.1, -0.05) is 27.2 Å². The lowest BCUT2D eigenvalue weighted by molar-refractivity contribution is -0.171. The molecule has 1 spiro atoms. The molecule has 5 heteroatoms. The van der Waals surface area contributed by atoms with Crippen molar-refractivity contribution < 1.29 is 24.2 Å². The molecule has 4 aliphatic rings. The number of epoxide rings is 1. The molecule has 0 aromatic carbocycles. The Morgan fingerprint density at radius 3 is 2.58 bits per heavy atom. The van der Waals surface area contributed by atoms with Gasteiger partial charge in [-0.2, -0.15) is 0 Å². The van der Waals surface area contributed by atoms with E-state index in [0.29, 0.717) is 18.8 Å². The maximum absolute atomic E-state index is 13.4. The maximum Gasteiger partial charge on any atom is 0.311 e. The summed E-state index contributed by atoms with van der Waals surface area (Å²) in [7, 11) is 1.43. The Kier molecular flexibility index (Phi) is 3.77. The molecule has 0 aromatic heterocycles. The van der Waals surface area contributed by atoms with Crippen molar-refractivity contribution in [1.82, 2.24) is 0 Å². The Bertz CT molecular complexity index is 659. The molecular weight excluding hydrogens is 332 g/mol. The highest BCUT2D eigenvalue weighted by Crippen LogP contribution is 2.75. The van der Waals surface area contributed by atoms with Crippen molar-refractivity contribution in [2.45, 2.75) is 84.0 Å². The van der Waals surface area contributed by atoms with Crippen LogP contribution >= 0.6 is 0 Å². The van der Waals surface area contributed by atoms with E-state index in [1.54, 1.807) is 0 Å². The van der Waals surface area contributed by atoms with E-state index in [-0.39, 0.29) is 29.4 Å². The van der Waals surface area contributed by atoms with E-state index in [1.807, 2.05) is 6.92 Å². The summed E-state index contributed by atoms with van der Waals surface area (Å²) in [6.07, 6.45) is 3.17. The number of aliphatic hydroxyl groups excluding tert-OH is 1. The first kappa shape index (κ1) is 18.4. The fourth-order valence-electron chi connectivity index (χ4n) is 7.38. The van der Waals surface area contributed by atoms with Crippen LogP contribution in [0, 0.1) is 28.1 Å². The van der Waals surface area contributed by atoms with Crippen LogP contribution in [0.5, 0.6) is 0 Å². The first-order chi connectivity index (χ1) is 12.1. The van der Waals surface area contributed by atoms with Crippen molar-refractivity contribution >= 4 is 11.8 Å². The highest BCUT2D eigenvalue weighted by atomic mass is 16.6. The number of hydrogen-bond acceptors (Lipinski definition) is 5. The highest BCUT2D eigenvalue weighted by molar-refractivity contribution is 5.90. The molecule has 0 radical (unpaired) electrons. The van der Waals surface area contributed by atoms with Gasteiger partial charge in [0.15, 0.2) is 0 Å². The molecule has 0 amide bonds. The van der Waals surface area contributed by atoms with E-state index in [1.165, 1.54) is 7.11 Å². The summed E-state index contributed by atoms with van der Waals surface area (Å²) >= 11 is 0. The van der Waals surface area contributed by atoms with E-state index in [4.69, 9.17) is 9.47 Å². The van der Waals surface area contributed by atoms with Crippen LogP contribution in [0.25, 0.3) is 0 Å². The number of ketones is 1. The third-order valence-corrected chi connectivity index (χ3v) is 8.83. The van der Waals surface area contributed by atoms with Gasteiger partial charge in [0, 0.05) is 6.42 Å². The third kappa shape index (κ3) is 1.80. The maximum atomic E-state index is 13.4. The molecule has 0 bridgehead atoms. The minimum atomic E-state index is -0.879. The molecule has 7 atom stereocenters. The molecule has 3 aliphatic carbocycles. The number of hydrogen-bond donors (Lipinski definition) is 1. The SMILES string of the molecule is COC(=O)[C@]1(C)CCC[C@]2(C)C1C[C@@H](O)[C@@]21C(=O)CC[C@]2(C(C)C)O[C@H]12. The number of Topliss-reactive ketones (excluding diaryl/α,β-unsaturated/α-hetero) is 1. The molecule has 4 rings (SSSR count). The quantitative estimate of drug-likeness (QED) is 0.602. The topological polar surface area (TPSA) is 76.1 Å². The van der Waals surface area contributed by atoms with Crippen molar-refractivity contribution in [1.29, 1.82) is 0 Å². The first-order valence-electron chi connectivity index (χ1n) is 10.1. The number of rotatable bonds is 2. The summed E-state index contributed by atoms with van der Waals surface area (Å²) in [4.78, 5) is 26.1. The van der Waals surface area contributed by atoms with Crippen LogP contribution in [0.15, 0.2) is 0 Å². The van der Waals surface area contributed by atoms with E-state index >= 15 is 0 Å². The molecule has 146 valence electrons. The van der Waals surface area contributed by atoms with E-state index < -0.39 is 22.3 Å². The second kappa shape index (κ2) is 5.32. The van der Waals surface area contributed by atoms with Gasteiger partial charge in [-0.05, 0) is 49.9 Å². The van der Waals surface area contributed by atoms with Gasteiger partial charge in [0.1, 0.15) is 11.9 Å². The number of ether oxygens (including phenoxy) is 2. The van der Waals surface area contributed by atoms with Crippen LogP contribution in [0.1, 0.15) is 66.2 Å². The Hall–Kier alpha value is -0.940. The Balaban J connectivity index is 1.83. The van der Waals surface area contributed by atoms with Crippen LogP contribution in [0.3, 0.4) is 0 Å². The monoisotopic (exact) mass is 364 g/mol. The van der Waals surface area contributed by atoms with Crippen LogP contribution in [-0.2, 0) is 19.1 Å². The second-order valence-corrected chi connectivity index (χ2v) is 9.88. The van der Waals surface area contributed by atoms with Gasteiger partial charge in [0.25, 0.3) is 0 Å². The van der Waals surface area contributed by atoms with Gasteiger partial charge in [-0.25, -0.2) is 0 Å². The van der Waals surface area contributed by atoms with Crippen LogP contribution in [-0.4, -0.2) is 41.8 Å². The van der Waals surface area contributed by atoms with Crippen LogP contribution < -0.4 is 0 Å². The molecule has 4 fully saturated rings. The minimum absolute atomic E-state index is 0.0673. The lowest BCUT2D eigenvalue weighted by Gasteiger charge is -2.54. The zero-order chi connectivity index (χ0) is 19.1. The van der Waals surface area contributed by atoms with Crippen LogP contribution in [0.4, 0.5) is 0 Å². The first-order valence-corrected chi connectivity index (χ1v) is 10.1. The number of aliphatic hydroxyl groups is 1. The van der Waals surface area contributed by atoms with Gasteiger partial charge in [-0.3, -0.25) is 9.59 Å². The molecule has 1 saturated heterocycles. The largest absolute Gasteiger partial charge is 0.469 e. The molecule has 1 aliphatic heterocycles. The summed E-state index contributed by atoms with van der Waals surface area (Å²) in [6, 6.07) is 0. The van der Waals surface area contributed by atoms with Gasteiger partial charge in [0.2, 0.25) is 0 Å². The van der Waals surface area contributed by atoms with Gasteiger partial charge in [-0.15, -0.1) is 0 Å². The lowest BCUT2D eigenvalue weighted by atomic mass is 9.47. The molecule has 3 saturated carbocycles. The highest BCUT2D eigenvalue weighted by Gasteiger charge is 2.82. The van der Waals surface area contributed by atoms with Crippen LogP contribution in [0.2, 0.25) is 0 Å². The summed E-state index contributed by atoms with van der Waals surface area (Å²) in [5, 5.41) is 11.3. The summed E-state index contributed by atoms with van der Waals surface area (Å²) in [6.45, 7) is 8.38. The Labute approximate surface area is 155 Å². The van der Waals surface area contributed by atoms with E-state index in [0.717, 1.165) is 25.7 Å². The zero-order valence-electron chi connectivity index (χ0n) is 16.6. The van der Waals surface area contributed by atoms with Crippen molar-refractivity contribution in [2.24, 2.45) is 28.1 Å². The summed E-state index contributed by atoms with van der Waals surface area (Å²) < 4.78 is 11.4. The summed E-state index contributed by atoms with van der Waals surface area (Å²) in [5.74, 6) is 0.167. The van der Waals surface area contributed by atoms with E-state index in [2.05, 4.69) is 20.8 Å². The minimum Gasteiger partial charge on any atom is -0.469 e. The normalized spacial score (nSPS) is 52.7. The van der Waals surface area contributed by atoms with E-state index in [9.17, 15) is 14.7 Å². The number of fused-ring (bicyclic) bond motifs is 4. The molecule has 1 N–H and O–H groups in total. The van der Waals surface area contributed by atoms with Crippen molar-refractivity contribution in [3.8, 4) is 0 Å². The number of esters is 1. The average molecular weight is 364 g/mol. The number of carbonyl (C=O) groups is 2. The predicted molar refractivity (Wildman–Crippen MR) is 95.3 cm³/mol. The Morgan fingerprint density at radius 1 is 1.27 bits per heavy atom. The third-order valence-electron chi connectivity index (χ3n) is 8.83. The molecule has 26 heavy (non-hydrogen) atoms. The molecule has 0 aromatic rings. The van der Waals surface area contributed by atoms with Crippen molar-refractivity contribution in [3.63, 3.8) is 0 Å². The molecular formula is C21H32O5. The average Bonchev–Trinajstić information content (AvgIpc) is 3.28. The second-order valence-electron chi connectivity index (χ2n) is 9.88. The smallest absolute Gasteiger partial charge is 0.311 e. The number of carbonyl (C=O) groups excluding carboxylic acids is 2. The zero-order valence-corrected chi connectivity index (χ0v) is 16.6. The van der Waals surface area contributed by atoms with Crippen molar-refractivity contribution in [2.75, 3.05) is 7.11 Å². The molecule has 1 heterocycles. The van der Waals surface area contributed by atoms with Gasteiger partial charge < -0.3 is 14.6 Å². The number of methoxy groups -OCH3 is 1.